The standard InChI is InChI=1S/C18H18FN5O2/c1-3-24-16-8-7-12(9-15(16)21-22-24)18(26)23(2)11-17(25)20-14-6-4-5-13(19)10-14/h4-10H,3,11H2,1-2H3,(H,20,25). The molecular weight excluding hydrogens is 337 g/mol. The molecule has 0 fully saturated rings. The molecule has 0 unspecified atom stereocenters. The van der Waals surface area contributed by atoms with Crippen LogP contribution in [-0.2, 0) is 11.3 Å². The number of halogens is 1. The minimum atomic E-state index is -0.444. The molecule has 1 heterocycles. The normalized spacial score (nSPS) is 10.7. The number of nitrogens with one attached hydrogen (secondary N) is 1. The number of hydrogen-bond acceptors (Lipinski definition) is 4. The van der Waals surface area contributed by atoms with Gasteiger partial charge < -0.3 is 10.2 Å². The van der Waals surface area contributed by atoms with Gasteiger partial charge in [-0.1, -0.05) is 11.3 Å². The third-order valence-corrected chi connectivity index (χ3v) is 3.90. The summed E-state index contributed by atoms with van der Waals surface area (Å²) < 4.78 is 14.9. The van der Waals surface area contributed by atoms with Crippen LogP contribution in [0.5, 0.6) is 0 Å². The van der Waals surface area contributed by atoms with Crippen LogP contribution in [0.15, 0.2) is 42.5 Å². The summed E-state index contributed by atoms with van der Waals surface area (Å²) in [4.78, 5) is 25.9. The van der Waals surface area contributed by atoms with Crippen LogP contribution < -0.4 is 5.32 Å². The first-order valence-corrected chi connectivity index (χ1v) is 8.12. The first-order chi connectivity index (χ1) is 12.5. The van der Waals surface area contributed by atoms with Gasteiger partial charge in [-0.3, -0.25) is 9.59 Å². The summed E-state index contributed by atoms with van der Waals surface area (Å²) >= 11 is 0. The van der Waals surface area contributed by atoms with Crippen LogP contribution in [0.2, 0.25) is 0 Å². The number of benzene rings is 2. The van der Waals surface area contributed by atoms with Crippen LogP contribution in [0.3, 0.4) is 0 Å². The Balaban J connectivity index is 1.68. The molecule has 1 aromatic heterocycles. The van der Waals surface area contributed by atoms with Crippen molar-refractivity contribution in [3.8, 4) is 0 Å². The Kier molecular flexibility index (Phi) is 4.92. The van der Waals surface area contributed by atoms with Gasteiger partial charge in [-0.2, -0.15) is 0 Å². The van der Waals surface area contributed by atoms with Crippen LogP contribution in [0.4, 0.5) is 10.1 Å². The van der Waals surface area contributed by atoms with E-state index in [4.69, 9.17) is 0 Å². The summed E-state index contributed by atoms with van der Waals surface area (Å²) in [6, 6.07) is 10.7. The number of aromatic nitrogens is 3. The third-order valence-electron chi connectivity index (χ3n) is 3.90. The molecule has 0 bridgehead atoms. The van der Waals surface area contributed by atoms with Crippen LogP contribution in [0.1, 0.15) is 17.3 Å². The third kappa shape index (κ3) is 3.69. The molecule has 134 valence electrons. The van der Waals surface area contributed by atoms with Gasteiger partial charge in [0.25, 0.3) is 5.91 Å². The van der Waals surface area contributed by atoms with Gasteiger partial charge in [0.15, 0.2) is 0 Å². The van der Waals surface area contributed by atoms with E-state index in [9.17, 15) is 14.0 Å². The van der Waals surface area contributed by atoms with Crippen LogP contribution in [-0.4, -0.2) is 45.3 Å². The van der Waals surface area contributed by atoms with Crippen molar-refractivity contribution in [3.63, 3.8) is 0 Å². The second-order valence-electron chi connectivity index (χ2n) is 5.83. The largest absolute Gasteiger partial charge is 0.332 e. The zero-order valence-corrected chi connectivity index (χ0v) is 14.4. The summed E-state index contributed by atoms with van der Waals surface area (Å²) in [7, 11) is 1.53. The van der Waals surface area contributed by atoms with Crippen molar-refractivity contribution in [1.82, 2.24) is 19.9 Å². The minimum absolute atomic E-state index is 0.158. The van der Waals surface area contributed by atoms with Gasteiger partial charge in [-0.05, 0) is 43.3 Å². The Labute approximate surface area is 149 Å². The second kappa shape index (κ2) is 7.30. The van der Waals surface area contributed by atoms with Crippen molar-refractivity contribution < 1.29 is 14.0 Å². The molecule has 0 atom stereocenters. The fourth-order valence-electron chi connectivity index (χ4n) is 2.61. The van der Waals surface area contributed by atoms with Gasteiger partial charge in [0.1, 0.15) is 11.3 Å². The van der Waals surface area contributed by atoms with E-state index in [-0.39, 0.29) is 12.5 Å². The van der Waals surface area contributed by atoms with E-state index in [0.29, 0.717) is 23.3 Å². The fraction of sp³-hybridized carbons (Fsp3) is 0.222. The summed E-state index contributed by atoms with van der Waals surface area (Å²) in [5.41, 5.74) is 2.22. The number of aryl methyl sites for hydroxylation is 1. The van der Waals surface area contributed by atoms with Crippen molar-refractivity contribution in [1.29, 1.82) is 0 Å². The summed E-state index contributed by atoms with van der Waals surface area (Å²) in [6.07, 6.45) is 0. The molecule has 3 aromatic rings. The van der Waals surface area contributed by atoms with E-state index in [1.54, 1.807) is 28.9 Å². The minimum Gasteiger partial charge on any atom is -0.332 e. The number of carbonyl (C=O) groups excluding carboxylic acids is 2. The zero-order chi connectivity index (χ0) is 18.7. The van der Waals surface area contributed by atoms with E-state index in [2.05, 4.69) is 15.6 Å². The Morgan fingerprint density at radius 2 is 2.04 bits per heavy atom. The van der Waals surface area contributed by atoms with Crippen LogP contribution >= 0.6 is 0 Å². The first kappa shape index (κ1) is 17.5. The Bertz CT molecular complexity index is 969. The lowest BCUT2D eigenvalue weighted by Crippen LogP contribution is -2.34. The average molecular weight is 355 g/mol. The topological polar surface area (TPSA) is 80.1 Å². The molecule has 0 saturated heterocycles. The molecule has 0 spiro atoms. The first-order valence-electron chi connectivity index (χ1n) is 8.12. The van der Waals surface area contributed by atoms with E-state index in [1.807, 2.05) is 6.92 Å². The molecule has 0 radical (unpaired) electrons. The number of likely N-dealkylation sites (N-methyl/N-ethyl adjacent to an activating group) is 1. The van der Waals surface area contributed by atoms with E-state index >= 15 is 0 Å². The lowest BCUT2D eigenvalue weighted by atomic mass is 10.1. The maximum Gasteiger partial charge on any atom is 0.254 e. The lowest BCUT2D eigenvalue weighted by molar-refractivity contribution is -0.116. The predicted octanol–water partition coefficient (Wildman–Crippen LogP) is 2.30. The molecule has 0 aliphatic heterocycles. The smallest absolute Gasteiger partial charge is 0.254 e. The average Bonchev–Trinajstić information content (AvgIpc) is 3.03. The molecule has 0 aliphatic carbocycles. The van der Waals surface area contributed by atoms with Gasteiger partial charge in [0.05, 0.1) is 12.1 Å². The predicted molar refractivity (Wildman–Crippen MR) is 95.2 cm³/mol. The number of hydrogen-bond donors (Lipinski definition) is 1. The van der Waals surface area contributed by atoms with E-state index < -0.39 is 11.7 Å². The monoisotopic (exact) mass is 355 g/mol. The van der Waals surface area contributed by atoms with Crippen LogP contribution in [0, 0.1) is 5.82 Å². The quantitative estimate of drug-likeness (QED) is 0.762. The molecule has 2 amide bonds. The molecule has 26 heavy (non-hydrogen) atoms. The second-order valence-corrected chi connectivity index (χ2v) is 5.83. The molecule has 1 N–H and O–H groups in total. The highest BCUT2D eigenvalue weighted by molar-refractivity contribution is 6.00. The van der Waals surface area contributed by atoms with Gasteiger partial charge in [-0.25, -0.2) is 9.07 Å². The number of carbonyl (C=O) groups is 2. The lowest BCUT2D eigenvalue weighted by Gasteiger charge is -2.17. The Morgan fingerprint density at radius 3 is 2.77 bits per heavy atom. The summed E-state index contributed by atoms with van der Waals surface area (Å²) in [5, 5.41) is 10.6. The SMILES string of the molecule is CCn1nnc2cc(C(=O)N(C)CC(=O)Nc3cccc(F)c3)ccc21. The highest BCUT2D eigenvalue weighted by atomic mass is 19.1. The Hall–Kier alpha value is -3.29. The van der Waals surface area contributed by atoms with E-state index in [0.717, 1.165) is 5.52 Å². The van der Waals surface area contributed by atoms with E-state index in [1.165, 1.54) is 30.1 Å². The van der Waals surface area contributed by atoms with Gasteiger partial charge in [-0.15, -0.1) is 5.10 Å². The number of fused-ring (bicyclic) bond motifs is 1. The molecule has 3 rings (SSSR count). The Morgan fingerprint density at radius 1 is 1.23 bits per heavy atom. The fourth-order valence-corrected chi connectivity index (χ4v) is 2.61. The molecule has 7 nitrogen and oxygen atoms in total. The molecule has 0 aliphatic rings. The summed E-state index contributed by atoms with van der Waals surface area (Å²) in [6.45, 7) is 2.48. The van der Waals surface area contributed by atoms with Crippen molar-refractivity contribution in [2.75, 3.05) is 18.9 Å². The highest BCUT2D eigenvalue weighted by Gasteiger charge is 2.16. The molecule has 2 aromatic carbocycles. The zero-order valence-electron chi connectivity index (χ0n) is 14.4. The number of amides is 2. The summed E-state index contributed by atoms with van der Waals surface area (Å²) in [5.74, 6) is -1.17. The maximum atomic E-state index is 13.2. The van der Waals surface area contributed by atoms with Gasteiger partial charge >= 0.3 is 0 Å². The maximum absolute atomic E-state index is 13.2. The van der Waals surface area contributed by atoms with Crippen molar-refractivity contribution in [2.45, 2.75) is 13.5 Å². The number of anilines is 1. The van der Waals surface area contributed by atoms with Crippen molar-refractivity contribution in [2.24, 2.45) is 0 Å². The molecule has 0 saturated carbocycles. The van der Waals surface area contributed by atoms with Crippen LogP contribution in [0.25, 0.3) is 11.0 Å². The molecular formula is C18H18FN5O2. The highest BCUT2D eigenvalue weighted by Crippen LogP contribution is 2.15. The van der Waals surface area contributed by atoms with Crippen molar-refractivity contribution >= 4 is 28.5 Å². The number of rotatable bonds is 5. The number of nitrogens with zero attached hydrogens (tertiary/aromatic N) is 4. The van der Waals surface area contributed by atoms with Gasteiger partial charge in [0, 0.05) is 24.8 Å². The van der Waals surface area contributed by atoms with Gasteiger partial charge in [0.2, 0.25) is 5.91 Å². The molecule has 8 heteroatoms. The van der Waals surface area contributed by atoms with Crippen molar-refractivity contribution in [3.05, 3.63) is 53.8 Å².